The molecule has 1 aliphatic carbocycles. The summed E-state index contributed by atoms with van der Waals surface area (Å²) >= 11 is 1.67. The Labute approximate surface area is 119 Å². The Hall–Kier alpha value is -0.670. The predicted molar refractivity (Wildman–Crippen MR) is 77.5 cm³/mol. The first-order valence-electron chi connectivity index (χ1n) is 7.45. The zero-order chi connectivity index (χ0) is 13.1. The van der Waals surface area contributed by atoms with Crippen LogP contribution in [-0.4, -0.2) is 18.0 Å². The van der Waals surface area contributed by atoms with Crippen LogP contribution in [0.5, 0.6) is 0 Å². The van der Waals surface area contributed by atoms with Crippen LogP contribution in [0.15, 0.2) is 16.8 Å². The molecule has 0 aromatic carbocycles. The van der Waals surface area contributed by atoms with Crippen LogP contribution >= 0.6 is 11.3 Å². The fourth-order valence-electron chi connectivity index (χ4n) is 3.59. The average molecular weight is 278 g/mol. The van der Waals surface area contributed by atoms with E-state index in [4.69, 9.17) is 4.74 Å². The second kappa shape index (κ2) is 5.76. The number of rotatable bonds is 3. The first kappa shape index (κ1) is 13.3. The molecule has 19 heavy (non-hydrogen) atoms. The lowest BCUT2D eigenvalue weighted by molar-refractivity contribution is -0.142. The Balaban J connectivity index is 1.62. The van der Waals surface area contributed by atoms with E-state index >= 15 is 0 Å². The molecule has 3 heteroatoms. The summed E-state index contributed by atoms with van der Waals surface area (Å²) < 4.78 is 6.07. The Morgan fingerprint density at radius 3 is 2.95 bits per heavy atom. The molecule has 2 nitrogen and oxygen atoms in total. The van der Waals surface area contributed by atoms with Gasteiger partial charge >= 0.3 is 0 Å². The highest BCUT2D eigenvalue weighted by molar-refractivity contribution is 7.07. The van der Waals surface area contributed by atoms with E-state index in [1.807, 2.05) is 0 Å². The Kier molecular flexibility index (Phi) is 4.04. The lowest BCUT2D eigenvalue weighted by Crippen LogP contribution is -2.43. The molecule has 1 spiro atoms. The molecular formula is C16H22O2S. The van der Waals surface area contributed by atoms with E-state index in [0.29, 0.717) is 12.2 Å². The number of hydrogen-bond donors (Lipinski definition) is 0. The van der Waals surface area contributed by atoms with Gasteiger partial charge in [0.1, 0.15) is 5.78 Å². The van der Waals surface area contributed by atoms with Gasteiger partial charge in [0.05, 0.1) is 5.60 Å². The highest BCUT2D eigenvalue weighted by Crippen LogP contribution is 2.41. The van der Waals surface area contributed by atoms with Gasteiger partial charge in [-0.25, -0.2) is 0 Å². The van der Waals surface area contributed by atoms with Gasteiger partial charge in [0.15, 0.2) is 0 Å². The van der Waals surface area contributed by atoms with Crippen molar-refractivity contribution in [3.63, 3.8) is 0 Å². The van der Waals surface area contributed by atoms with Crippen molar-refractivity contribution in [3.05, 3.63) is 22.4 Å². The van der Waals surface area contributed by atoms with Crippen LogP contribution in [-0.2, 0) is 16.0 Å². The molecule has 0 radical (unpaired) electrons. The van der Waals surface area contributed by atoms with Gasteiger partial charge in [-0.2, -0.15) is 11.3 Å². The summed E-state index contributed by atoms with van der Waals surface area (Å²) in [5.74, 6) is 0.651. The van der Waals surface area contributed by atoms with Crippen molar-refractivity contribution in [2.75, 3.05) is 6.61 Å². The smallest absolute Gasteiger partial charge is 0.140 e. The minimum Gasteiger partial charge on any atom is -0.375 e. The fourth-order valence-corrected chi connectivity index (χ4v) is 4.25. The van der Waals surface area contributed by atoms with Crippen LogP contribution < -0.4 is 0 Å². The number of Topliss-reactive ketones (excluding diaryl/α,β-unsaturated/α-hetero) is 1. The Morgan fingerprint density at radius 1 is 1.37 bits per heavy atom. The van der Waals surface area contributed by atoms with E-state index in [1.165, 1.54) is 24.8 Å². The number of thiophene rings is 1. The minimum absolute atomic E-state index is 0.0471. The zero-order valence-corrected chi connectivity index (χ0v) is 12.2. The van der Waals surface area contributed by atoms with Crippen molar-refractivity contribution in [2.24, 2.45) is 5.92 Å². The van der Waals surface area contributed by atoms with Crippen molar-refractivity contribution in [2.45, 2.75) is 57.0 Å². The predicted octanol–water partition coefficient (Wildman–Crippen LogP) is 3.99. The van der Waals surface area contributed by atoms with E-state index < -0.39 is 0 Å². The molecule has 0 amide bonds. The number of carbonyl (C=O) groups is 1. The van der Waals surface area contributed by atoms with Crippen LogP contribution in [0.2, 0.25) is 0 Å². The molecule has 0 bridgehead atoms. The summed E-state index contributed by atoms with van der Waals surface area (Å²) in [5, 5.41) is 4.14. The summed E-state index contributed by atoms with van der Waals surface area (Å²) in [6.07, 6.45) is 8.70. The lowest BCUT2D eigenvalue weighted by Gasteiger charge is -2.43. The highest BCUT2D eigenvalue weighted by atomic mass is 32.1. The SMILES string of the molecule is O=C(Cc1ccsc1)C1CCOC2(CCCCC2)C1. The summed E-state index contributed by atoms with van der Waals surface area (Å²) in [4.78, 5) is 12.4. The molecule has 0 N–H and O–H groups in total. The number of ketones is 1. The van der Waals surface area contributed by atoms with Gasteiger partial charge in [-0.05, 0) is 48.1 Å². The van der Waals surface area contributed by atoms with Gasteiger partial charge in [-0.15, -0.1) is 0 Å². The Morgan fingerprint density at radius 2 is 2.21 bits per heavy atom. The van der Waals surface area contributed by atoms with Crippen LogP contribution in [0.25, 0.3) is 0 Å². The van der Waals surface area contributed by atoms with Crippen molar-refractivity contribution >= 4 is 17.1 Å². The molecule has 2 aliphatic rings. The fraction of sp³-hybridized carbons (Fsp3) is 0.688. The van der Waals surface area contributed by atoms with Gasteiger partial charge in [0, 0.05) is 18.9 Å². The van der Waals surface area contributed by atoms with E-state index in [9.17, 15) is 4.79 Å². The maximum Gasteiger partial charge on any atom is 0.140 e. The Bertz CT molecular complexity index is 412. The standard InChI is InChI=1S/C16H22O2S/c17-15(10-13-5-9-19-12-13)14-4-8-18-16(11-14)6-2-1-3-7-16/h5,9,12,14H,1-4,6-8,10-11H2. The number of carbonyl (C=O) groups excluding carboxylic acids is 1. The molecule has 1 saturated carbocycles. The van der Waals surface area contributed by atoms with Gasteiger partial charge in [0.2, 0.25) is 0 Å². The van der Waals surface area contributed by atoms with Gasteiger partial charge in [-0.3, -0.25) is 4.79 Å². The summed E-state index contributed by atoms with van der Waals surface area (Å²) in [5.41, 5.74) is 1.23. The normalized spacial score (nSPS) is 26.4. The number of hydrogen-bond acceptors (Lipinski definition) is 3. The van der Waals surface area contributed by atoms with Crippen molar-refractivity contribution in [1.82, 2.24) is 0 Å². The number of ether oxygens (including phenoxy) is 1. The second-order valence-corrected chi connectivity index (χ2v) is 6.84. The lowest BCUT2D eigenvalue weighted by atomic mass is 9.74. The molecule has 1 unspecified atom stereocenters. The van der Waals surface area contributed by atoms with Gasteiger partial charge < -0.3 is 4.74 Å². The van der Waals surface area contributed by atoms with E-state index in [-0.39, 0.29) is 11.5 Å². The third-order valence-electron chi connectivity index (χ3n) is 4.67. The van der Waals surface area contributed by atoms with Crippen molar-refractivity contribution in [3.8, 4) is 0 Å². The quantitative estimate of drug-likeness (QED) is 0.835. The van der Waals surface area contributed by atoms with E-state index in [2.05, 4.69) is 16.8 Å². The third-order valence-corrected chi connectivity index (χ3v) is 5.40. The topological polar surface area (TPSA) is 26.3 Å². The maximum absolute atomic E-state index is 12.4. The molecule has 2 heterocycles. The molecular weight excluding hydrogens is 256 g/mol. The minimum atomic E-state index is 0.0471. The van der Waals surface area contributed by atoms with Crippen molar-refractivity contribution in [1.29, 1.82) is 0 Å². The van der Waals surface area contributed by atoms with E-state index in [1.54, 1.807) is 11.3 Å². The molecule has 1 aromatic rings. The van der Waals surface area contributed by atoms with E-state index in [0.717, 1.165) is 32.3 Å². The largest absolute Gasteiger partial charge is 0.375 e. The second-order valence-electron chi connectivity index (χ2n) is 6.06. The van der Waals surface area contributed by atoms with Crippen LogP contribution in [0.1, 0.15) is 50.5 Å². The first-order valence-corrected chi connectivity index (χ1v) is 8.39. The highest BCUT2D eigenvalue weighted by Gasteiger charge is 2.40. The molecule has 1 saturated heterocycles. The molecule has 1 aromatic heterocycles. The maximum atomic E-state index is 12.4. The first-order chi connectivity index (χ1) is 9.27. The van der Waals surface area contributed by atoms with Crippen LogP contribution in [0, 0.1) is 5.92 Å². The molecule has 2 fully saturated rings. The zero-order valence-electron chi connectivity index (χ0n) is 11.4. The molecule has 1 aliphatic heterocycles. The van der Waals surface area contributed by atoms with Crippen LogP contribution in [0.4, 0.5) is 0 Å². The summed E-state index contributed by atoms with van der Waals surface area (Å²) in [7, 11) is 0. The average Bonchev–Trinajstić information content (AvgIpc) is 2.92. The molecule has 104 valence electrons. The summed E-state index contributed by atoms with van der Waals surface area (Å²) in [6, 6.07) is 2.07. The summed E-state index contributed by atoms with van der Waals surface area (Å²) in [6.45, 7) is 0.778. The monoisotopic (exact) mass is 278 g/mol. The van der Waals surface area contributed by atoms with Crippen LogP contribution in [0.3, 0.4) is 0 Å². The molecule has 1 atom stereocenters. The third kappa shape index (κ3) is 3.09. The molecule has 3 rings (SSSR count). The van der Waals surface area contributed by atoms with Gasteiger partial charge in [-0.1, -0.05) is 19.3 Å². The van der Waals surface area contributed by atoms with Gasteiger partial charge in [0.25, 0.3) is 0 Å². The van der Waals surface area contributed by atoms with Crippen molar-refractivity contribution < 1.29 is 9.53 Å².